The Balaban J connectivity index is 1.37. The summed E-state index contributed by atoms with van der Waals surface area (Å²) < 4.78 is 16.6. The molecule has 28 heavy (non-hydrogen) atoms. The van der Waals surface area contributed by atoms with E-state index >= 15 is 0 Å². The van der Waals surface area contributed by atoms with Gasteiger partial charge in [0.05, 0.1) is 0 Å². The highest BCUT2D eigenvalue weighted by Gasteiger charge is 2.13. The van der Waals surface area contributed by atoms with Crippen LogP contribution in [0.5, 0.6) is 17.2 Å². The minimum Gasteiger partial charge on any atom is -0.489 e. The molecule has 4 nitrogen and oxygen atoms in total. The predicted molar refractivity (Wildman–Crippen MR) is 113 cm³/mol. The van der Waals surface area contributed by atoms with Crippen molar-refractivity contribution in [2.45, 2.75) is 13.2 Å². The summed E-state index contributed by atoms with van der Waals surface area (Å²) in [5, 5.41) is 3.97. The molecule has 0 atom stereocenters. The first-order valence-electron chi connectivity index (χ1n) is 8.82. The van der Waals surface area contributed by atoms with Crippen molar-refractivity contribution < 1.29 is 14.2 Å². The van der Waals surface area contributed by atoms with Gasteiger partial charge in [0.2, 0.25) is 6.79 Å². The maximum atomic E-state index is 6.18. The Morgan fingerprint density at radius 2 is 1.86 bits per heavy atom. The Bertz CT molecular complexity index is 1010. The minimum absolute atomic E-state index is 0.269. The lowest BCUT2D eigenvalue weighted by atomic mass is 10.1. The first-order valence-corrected chi connectivity index (χ1v) is 9.61. The van der Waals surface area contributed by atoms with Gasteiger partial charge in [-0.3, -0.25) is 0 Å². The summed E-state index contributed by atoms with van der Waals surface area (Å²) in [6.45, 7) is 1.27. The molecule has 0 saturated heterocycles. The molecule has 1 heterocycles. The summed E-state index contributed by atoms with van der Waals surface area (Å²) in [4.78, 5) is 0.654. The van der Waals surface area contributed by atoms with Crippen LogP contribution in [0.25, 0.3) is 0 Å². The van der Waals surface area contributed by atoms with E-state index in [1.54, 1.807) is 0 Å². The molecule has 0 spiro atoms. The Morgan fingerprint density at radius 1 is 1.00 bits per heavy atom. The van der Waals surface area contributed by atoms with Crippen LogP contribution in [-0.4, -0.2) is 11.8 Å². The van der Waals surface area contributed by atoms with E-state index in [0.717, 1.165) is 33.9 Å². The van der Waals surface area contributed by atoms with E-state index in [-0.39, 0.29) is 6.79 Å². The Hall–Kier alpha value is -2.76. The fraction of sp³-hybridized carbons (Fsp3) is 0.136. The Kier molecular flexibility index (Phi) is 5.65. The summed E-state index contributed by atoms with van der Waals surface area (Å²) >= 11 is 11.7. The van der Waals surface area contributed by atoms with Crippen molar-refractivity contribution in [3.8, 4) is 17.2 Å². The molecular formula is C22H18ClNO3S. The van der Waals surface area contributed by atoms with E-state index in [9.17, 15) is 0 Å². The van der Waals surface area contributed by atoms with Gasteiger partial charge in [0, 0.05) is 22.7 Å². The number of hydrogen-bond donors (Lipinski definition) is 1. The van der Waals surface area contributed by atoms with E-state index in [4.69, 9.17) is 38.0 Å². The van der Waals surface area contributed by atoms with Gasteiger partial charge >= 0.3 is 0 Å². The van der Waals surface area contributed by atoms with Gasteiger partial charge in [-0.2, -0.15) is 0 Å². The number of halogens is 1. The highest BCUT2D eigenvalue weighted by Crippen LogP contribution is 2.32. The van der Waals surface area contributed by atoms with Crippen LogP contribution in [0.15, 0.2) is 66.7 Å². The number of fused-ring (bicyclic) bond motifs is 1. The third-order valence-corrected chi connectivity index (χ3v) is 5.09. The van der Waals surface area contributed by atoms with Crippen LogP contribution in [0, 0.1) is 0 Å². The summed E-state index contributed by atoms with van der Waals surface area (Å²) in [5.74, 6) is 2.28. The second-order valence-corrected chi connectivity index (χ2v) is 7.09. The molecule has 1 aliphatic heterocycles. The molecule has 0 aromatic heterocycles. The molecule has 0 aliphatic carbocycles. The van der Waals surface area contributed by atoms with Crippen LogP contribution in [0.1, 0.15) is 16.7 Å². The van der Waals surface area contributed by atoms with Crippen LogP contribution in [0.2, 0.25) is 5.02 Å². The van der Waals surface area contributed by atoms with Crippen molar-refractivity contribution in [2.24, 2.45) is 0 Å². The largest absolute Gasteiger partial charge is 0.489 e. The van der Waals surface area contributed by atoms with Crippen molar-refractivity contribution in [3.63, 3.8) is 0 Å². The minimum atomic E-state index is 0.269. The van der Waals surface area contributed by atoms with Crippen LogP contribution in [0.3, 0.4) is 0 Å². The maximum absolute atomic E-state index is 6.18. The second-order valence-electron chi connectivity index (χ2n) is 6.28. The molecule has 0 bridgehead atoms. The zero-order valence-electron chi connectivity index (χ0n) is 15.0. The number of benzene rings is 3. The van der Waals surface area contributed by atoms with E-state index in [1.807, 2.05) is 66.7 Å². The van der Waals surface area contributed by atoms with Gasteiger partial charge < -0.3 is 19.5 Å². The smallest absolute Gasteiger partial charge is 0.231 e. The van der Waals surface area contributed by atoms with Crippen molar-refractivity contribution >= 4 is 28.8 Å². The van der Waals surface area contributed by atoms with Gasteiger partial charge in [-0.25, -0.2) is 0 Å². The first kappa shape index (κ1) is 18.6. The highest BCUT2D eigenvalue weighted by molar-refractivity contribution is 7.80. The van der Waals surface area contributed by atoms with Gasteiger partial charge in [-0.05, 0) is 35.9 Å². The number of hydrogen-bond acceptors (Lipinski definition) is 4. The Morgan fingerprint density at radius 3 is 2.75 bits per heavy atom. The third-order valence-electron chi connectivity index (χ3n) is 4.34. The average Bonchev–Trinajstić information content (AvgIpc) is 3.19. The standard InChI is InChI=1S/C22H18ClNO3S/c23-19-7-2-1-4-17(19)13-25-18-6-3-5-16(11-18)22(28)24-12-15-8-9-20-21(10-15)27-14-26-20/h1-11H,12-14H2,(H,24,28). The SMILES string of the molecule is S=C(NCc1ccc2c(c1)OCO2)c1cccc(OCc2ccccc2Cl)c1. The molecule has 0 unspecified atom stereocenters. The van der Waals surface area contributed by atoms with E-state index in [2.05, 4.69) is 5.32 Å². The third kappa shape index (κ3) is 4.38. The molecular weight excluding hydrogens is 394 g/mol. The second kappa shape index (κ2) is 8.50. The van der Waals surface area contributed by atoms with Gasteiger partial charge in [0.15, 0.2) is 11.5 Å². The van der Waals surface area contributed by atoms with Gasteiger partial charge in [0.25, 0.3) is 0 Å². The lowest BCUT2D eigenvalue weighted by Gasteiger charge is -2.11. The molecule has 1 aliphatic rings. The highest BCUT2D eigenvalue weighted by atomic mass is 35.5. The average molecular weight is 412 g/mol. The molecule has 6 heteroatoms. The molecule has 0 radical (unpaired) electrons. The van der Waals surface area contributed by atoms with Crippen LogP contribution < -0.4 is 19.5 Å². The van der Waals surface area contributed by atoms with Gasteiger partial charge in [-0.15, -0.1) is 0 Å². The molecule has 0 fully saturated rings. The molecule has 1 N–H and O–H groups in total. The molecule has 142 valence electrons. The summed E-state index contributed by atoms with van der Waals surface area (Å²) in [6.07, 6.45) is 0. The van der Waals surface area contributed by atoms with Crippen LogP contribution in [0.4, 0.5) is 0 Å². The van der Waals surface area contributed by atoms with E-state index in [1.165, 1.54) is 0 Å². The van der Waals surface area contributed by atoms with Crippen molar-refractivity contribution in [3.05, 3.63) is 88.4 Å². The predicted octanol–water partition coefficient (Wildman–Crippen LogP) is 5.11. The molecule has 0 saturated carbocycles. The quantitative estimate of drug-likeness (QED) is 0.570. The summed E-state index contributed by atoms with van der Waals surface area (Å²) in [5.41, 5.74) is 2.91. The molecule has 0 amide bonds. The number of thiocarbonyl (C=S) groups is 1. The molecule has 3 aromatic rings. The fourth-order valence-corrected chi connectivity index (χ4v) is 3.23. The van der Waals surface area contributed by atoms with E-state index < -0.39 is 0 Å². The topological polar surface area (TPSA) is 39.7 Å². The maximum Gasteiger partial charge on any atom is 0.231 e. The van der Waals surface area contributed by atoms with Crippen LogP contribution in [-0.2, 0) is 13.2 Å². The first-order chi connectivity index (χ1) is 13.7. The van der Waals surface area contributed by atoms with Gasteiger partial charge in [-0.1, -0.05) is 60.2 Å². The summed E-state index contributed by atoms with van der Waals surface area (Å²) in [7, 11) is 0. The lowest BCUT2D eigenvalue weighted by molar-refractivity contribution is 0.174. The normalized spacial score (nSPS) is 11.9. The monoisotopic (exact) mass is 411 g/mol. The number of rotatable bonds is 6. The molecule has 3 aromatic carbocycles. The van der Waals surface area contributed by atoms with E-state index in [0.29, 0.717) is 23.2 Å². The van der Waals surface area contributed by atoms with Crippen molar-refractivity contribution in [1.29, 1.82) is 0 Å². The zero-order valence-corrected chi connectivity index (χ0v) is 16.6. The summed E-state index contributed by atoms with van der Waals surface area (Å²) in [6, 6.07) is 21.2. The van der Waals surface area contributed by atoms with Gasteiger partial charge in [0.1, 0.15) is 17.3 Å². The van der Waals surface area contributed by atoms with Crippen molar-refractivity contribution in [2.75, 3.05) is 6.79 Å². The fourth-order valence-electron chi connectivity index (χ4n) is 2.84. The number of ether oxygens (including phenoxy) is 3. The molecule has 4 rings (SSSR count). The van der Waals surface area contributed by atoms with Crippen molar-refractivity contribution in [1.82, 2.24) is 5.32 Å². The number of nitrogens with one attached hydrogen (secondary N) is 1. The van der Waals surface area contributed by atoms with Crippen LogP contribution >= 0.6 is 23.8 Å². The zero-order chi connectivity index (χ0) is 19.3. The lowest BCUT2D eigenvalue weighted by Crippen LogP contribution is -2.21. The Labute approximate surface area is 174 Å².